The number of carbonyl (C=O) groups is 1. The van der Waals surface area contributed by atoms with Crippen LogP contribution >= 0.6 is 12.2 Å². The molecule has 0 atom stereocenters. The van der Waals surface area contributed by atoms with Crippen molar-refractivity contribution in [1.29, 1.82) is 0 Å². The van der Waals surface area contributed by atoms with E-state index in [1.54, 1.807) is 20.0 Å². The second-order valence-corrected chi connectivity index (χ2v) is 9.61. The van der Waals surface area contributed by atoms with Gasteiger partial charge in [-0.25, -0.2) is 12.8 Å². The first-order chi connectivity index (χ1) is 16.1. The minimum absolute atomic E-state index is 0.111. The van der Waals surface area contributed by atoms with Gasteiger partial charge in [0.05, 0.1) is 21.5 Å². The molecule has 0 aliphatic heterocycles. The number of anilines is 2. The van der Waals surface area contributed by atoms with E-state index < -0.39 is 21.7 Å². The summed E-state index contributed by atoms with van der Waals surface area (Å²) in [4.78, 5) is 27.9. The van der Waals surface area contributed by atoms with Gasteiger partial charge < -0.3 is 10.3 Å². The number of para-hydroxylation sites is 1. The van der Waals surface area contributed by atoms with Crippen LogP contribution in [-0.4, -0.2) is 23.9 Å². The first-order valence-corrected chi connectivity index (χ1v) is 11.9. The molecule has 0 bridgehead atoms. The lowest BCUT2D eigenvalue weighted by Gasteiger charge is -2.13. The predicted octanol–water partition coefficient (Wildman–Crippen LogP) is 4.10. The van der Waals surface area contributed by atoms with Crippen LogP contribution in [0.25, 0.3) is 10.9 Å². The van der Waals surface area contributed by atoms with Crippen LogP contribution in [0.3, 0.4) is 0 Å². The van der Waals surface area contributed by atoms with Crippen LogP contribution in [0.4, 0.5) is 15.8 Å². The summed E-state index contributed by atoms with van der Waals surface area (Å²) >= 11 is 5.12. The molecule has 1 heterocycles. The summed E-state index contributed by atoms with van der Waals surface area (Å²) in [5.41, 5.74) is 0.804. The minimum atomic E-state index is -4.13. The van der Waals surface area contributed by atoms with Crippen LogP contribution in [0.1, 0.15) is 15.9 Å². The number of aromatic nitrogens is 2. The number of aromatic amines is 1. The molecule has 0 saturated heterocycles. The van der Waals surface area contributed by atoms with Crippen LogP contribution in [0, 0.1) is 17.5 Å². The van der Waals surface area contributed by atoms with E-state index in [2.05, 4.69) is 15.0 Å². The predicted molar refractivity (Wildman–Crippen MR) is 131 cm³/mol. The molecule has 0 fully saturated rings. The maximum absolute atomic E-state index is 13.9. The number of sulfonamides is 1. The third kappa shape index (κ3) is 4.47. The maximum Gasteiger partial charge on any atom is 0.262 e. The Morgan fingerprint density at radius 2 is 1.82 bits per heavy atom. The Balaban J connectivity index is 1.64. The fraction of sp³-hybridized carbons (Fsp3) is 0.0870. The summed E-state index contributed by atoms with van der Waals surface area (Å²) in [6.07, 6.45) is 0. The van der Waals surface area contributed by atoms with Crippen LogP contribution in [0.15, 0.2) is 70.4 Å². The number of hydrogen-bond acceptors (Lipinski definition) is 5. The number of benzene rings is 3. The second kappa shape index (κ2) is 8.84. The molecule has 8 nitrogen and oxygen atoms in total. The Labute approximate surface area is 199 Å². The molecule has 4 aromatic rings. The zero-order chi connectivity index (χ0) is 24.6. The highest BCUT2D eigenvalue weighted by atomic mass is 32.2. The summed E-state index contributed by atoms with van der Waals surface area (Å²) in [6, 6.07) is 14.3. The molecule has 0 aliphatic carbocycles. The zero-order valence-electron chi connectivity index (χ0n) is 18.0. The van der Waals surface area contributed by atoms with Crippen molar-refractivity contribution in [2.75, 3.05) is 10.0 Å². The Kier molecular flexibility index (Phi) is 6.07. The van der Waals surface area contributed by atoms with Crippen molar-refractivity contribution in [1.82, 2.24) is 9.55 Å². The molecule has 1 amide bonds. The quantitative estimate of drug-likeness (QED) is 0.359. The molecule has 34 heavy (non-hydrogen) atoms. The van der Waals surface area contributed by atoms with E-state index in [1.165, 1.54) is 53.1 Å². The van der Waals surface area contributed by atoms with Crippen LogP contribution in [-0.2, 0) is 17.1 Å². The number of H-pyrrole nitrogens is 1. The molecule has 0 spiro atoms. The van der Waals surface area contributed by atoms with Gasteiger partial charge in [-0.3, -0.25) is 18.9 Å². The van der Waals surface area contributed by atoms with Gasteiger partial charge in [-0.1, -0.05) is 18.2 Å². The fourth-order valence-electron chi connectivity index (χ4n) is 3.36. The molecule has 0 radical (unpaired) electrons. The monoisotopic (exact) mass is 498 g/mol. The summed E-state index contributed by atoms with van der Waals surface area (Å²) < 4.78 is 43.4. The fourth-order valence-corrected chi connectivity index (χ4v) is 4.89. The Morgan fingerprint density at radius 1 is 1.09 bits per heavy atom. The number of amides is 1. The van der Waals surface area contributed by atoms with Gasteiger partial charge in [-0.05, 0) is 67.2 Å². The number of rotatable bonds is 5. The third-order valence-electron chi connectivity index (χ3n) is 5.22. The van der Waals surface area contributed by atoms with Crippen molar-refractivity contribution < 1.29 is 17.6 Å². The third-order valence-corrected chi connectivity index (χ3v) is 7.10. The van der Waals surface area contributed by atoms with Crippen LogP contribution in [0.2, 0.25) is 0 Å². The molecule has 0 saturated carbocycles. The van der Waals surface area contributed by atoms with Gasteiger partial charge >= 0.3 is 0 Å². The molecule has 4 rings (SSSR count). The number of hydrogen-bond donors (Lipinski definition) is 3. The van der Waals surface area contributed by atoms with E-state index in [4.69, 9.17) is 12.2 Å². The zero-order valence-corrected chi connectivity index (χ0v) is 19.7. The summed E-state index contributed by atoms with van der Waals surface area (Å²) in [7, 11) is -2.58. The maximum atomic E-state index is 13.9. The van der Waals surface area contributed by atoms with Crippen molar-refractivity contribution in [2.45, 2.75) is 11.8 Å². The highest BCUT2D eigenvalue weighted by Crippen LogP contribution is 2.24. The van der Waals surface area contributed by atoms with Crippen LogP contribution in [0.5, 0.6) is 0 Å². The average Bonchev–Trinajstić information content (AvgIpc) is 2.79. The number of nitrogens with one attached hydrogen (secondary N) is 3. The van der Waals surface area contributed by atoms with Gasteiger partial charge in [0.25, 0.3) is 21.5 Å². The SMILES string of the molecule is Cc1ccc(NC(=O)c2ccc3c(=O)n(C)c(=S)[nH]c3c2)cc1S(=O)(=O)Nc1ccccc1F. The average molecular weight is 499 g/mol. The highest BCUT2D eigenvalue weighted by Gasteiger charge is 2.20. The number of halogens is 1. The second-order valence-electron chi connectivity index (χ2n) is 7.57. The van der Waals surface area contributed by atoms with E-state index in [0.717, 1.165) is 6.07 Å². The van der Waals surface area contributed by atoms with Gasteiger partial charge in [0.1, 0.15) is 5.82 Å². The van der Waals surface area contributed by atoms with Gasteiger partial charge in [-0.2, -0.15) is 0 Å². The van der Waals surface area contributed by atoms with Gasteiger partial charge in [-0.15, -0.1) is 0 Å². The van der Waals surface area contributed by atoms with Crippen molar-refractivity contribution in [2.24, 2.45) is 7.05 Å². The number of nitrogens with zero attached hydrogens (tertiary/aromatic N) is 1. The van der Waals surface area contributed by atoms with Gasteiger partial charge in [0.2, 0.25) is 0 Å². The largest absolute Gasteiger partial charge is 0.332 e. The Hall–Kier alpha value is -3.83. The molecule has 1 aromatic heterocycles. The molecular formula is C23H19FN4O4S2. The lowest BCUT2D eigenvalue weighted by Crippen LogP contribution is -2.19. The number of aryl methyl sites for hydroxylation is 1. The van der Waals surface area contributed by atoms with Gasteiger partial charge in [0.15, 0.2) is 4.77 Å². The normalized spacial score (nSPS) is 11.4. The molecule has 3 aromatic carbocycles. The topological polar surface area (TPSA) is 113 Å². The molecule has 0 aliphatic rings. The summed E-state index contributed by atoms with van der Waals surface area (Å²) in [5, 5.41) is 3.02. The van der Waals surface area contributed by atoms with E-state index in [1.807, 2.05) is 0 Å². The van der Waals surface area contributed by atoms with E-state index in [0.29, 0.717) is 16.5 Å². The highest BCUT2D eigenvalue weighted by molar-refractivity contribution is 7.92. The first-order valence-electron chi connectivity index (χ1n) is 9.99. The standard InChI is InChI=1S/C23H19FN4O4S2/c1-13-7-9-15(12-20(13)34(31,32)27-18-6-4-3-5-17(18)24)25-21(29)14-8-10-16-19(11-14)26-23(33)28(2)22(16)30/h3-12,27H,1-2H3,(H,25,29)(H,26,33). The molecule has 0 unspecified atom stereocenters. The minimum Gasteiger partial charge on any atom is -0.332 e. The lowest BCUT2D eigenvalue weighted by atomic mass is 10.1. The van der Waals surface area contributed by atoms with Gasteiger partial charge in [0, 0.05) is 18.3 Å². The van der Waals surface area contributed by atoms with Crippen molar-refractivity contribution in [3.8, 4) is 0 Å². The lowest BCUT2D eigenvalue weighted by molar-refractivity contribution is 0.102. The van der Waals surface area contributed by atoms with E-state index >= 15 is 0 Å². The molecule has 11 heteroatoms. The van der Waals surface area contributed by atoms with Crippen molar-refractivity contribution >= 4 is 50.4 Å². The number of carbonyl (C=O) groups excluding carboxylic acids is 1. The van der Waals surface area contributed by atoms with Crippen molar-refractivity contribution in [3.05, 3.63) is 92.7 Å². The molecule has 174 valence electrons. The molecular weight excluding hydrogens is 479 g/mol. The smallest absolute Gasteiger partial charge is 0.262 e. The molecule has 3 N–H and O–H groups in total. The first kappa shape index (κ1) is 23.3. The van der Waals surface area contributed by atoms with Crippen LogP contribution < -0.4 is 15.6 Å². The van der Waals surface area contributed by atoms with E-state index in [9.17, 15) is 22.4 Å². The Bertz CT molecular complexity index is 1680. The summed E-state index contributed by atoms with van der Waals surface area (Å²) in [5.74, 6) is -1.23. The Morgan fingerprint density at radius 3 is 2.56 bits per heavy atom. The summed E-state index contributed by atoms with van der Waals surface area (Å²) in [6.45, 7) is 1.59. The van der Waals surface area contributed by atoms with E-state index in [-0.39, 0.29) is 32.2 Å². The van der Waals surface area contributed by atoms with Crippen molar-refractivity contribution in [3.63, 3.8) is 0 Å². The number of fused-ring (bicyclic) bond motifs is 1.